The van der Waals surface area contributed by atoms with Gasteiger partial charge in [-0.25, -0.2) is 0 Å². The van der Waals surface area contributed by atoms with Crippen molar-refractivity contribution in [2.45, 2.75) is 94.0 Å². The van der Waals surface area contributed by atoms with Crippen molar-refractivity contribution >= 4 is 11.8 Å². The number of unbranched alkanes of at least 4 members (excludes halogenated alkanes) is 3. The minimum Gasteiger partial charge on any atom is -0.373 e. The predicted octanol–water partition coefficient (Wildman–Crippen LogP) is 6.25. The Balaban J connectivity index is 2.24. The van der Waals surface area contributed by atoms with Crippen LogP contribution < -0.4 is 0 Å². The van der Waals surface area contributed by atoms with Gasteiger partial charge in [-0.1, -0.05) is 76.1 Å². The van der Waals surface area contributed by atoms with E-state index in [1.807, 2.05) is 12.1 Å². The topological polar surface area (TPSA) is 36.9 Å². The predicted molar refractivity (Wildman–Crippen MR) is 125 cm³/mol. The average molecular weight is 437 g/mol. The zero-order valence-corrected chi connectivity index (χ0v) is 19.8. The van der Waals surface area contributed by atoms with Gasteiger partial charge < -0.3 is 18.9 Å². The van der Waals surface area contributed by atoms with Crippen molar-refractivity contribution in [3.8, 4) is 0 Å². The van der Waals surface area contributed by atoms with E-state index >= 15 is 0 Å². The molecule has 170 valence electrons. The van der Waals surface area contributed by atoms with Crippen LogP contribution in [0.2, 0.25) is 0 Å². The van der Waals surface area contributed by atoms with Gasteiger partial charge in [-0.2, -0.15) is 0 Å². The van der Waals surface area contributed by atoms with Crippen LogP contribution in [-0.4, -0.2) is 49.7 Å². The number of hydrogen-bond donors (Lipinski definition) is 0. The number of hydrogen-bond acceptors (Lipinski definition) is 5. The van der Waals surface area contributed by atoms with Crippen molar-refractivity contribution in [3.63, 3.8) is 0 Å². The second-order valence-electron chi connectivity index (χ2n) is 7.70. The van der Waals surface area contributed by atoms with Crippen molar-refractivity contribution in [3.05, 3.63) is 43.0 Å². The summed E-state index contributed by atoms with van der Waals surface area (Å²) in [6.07, 6.45) is 7.41. The maximum absolute atomic E-state index is 6.48. The first-order valence-corrected chi connectivity index (χ1v) is 12.5. The van der Waals surface area contributed by atoms with Gasteiger partial charge in [-0.15, -0.1) is 6.58 Å². The van der Waals surface area contributed by atoms with Crippen molar-refractivity contribution in [1.29, 1.82) is 0 Å². The van der Waals surface area contributed by atoms with Gasteiger partial charge in [-0.3, -0.25) is 0 Å². The van der Waals surface area contributed by atoms with Gasteiger partial charge in [-0.05, 0) is 31.4 Å². The molecular formula is C25H40O4S. The van der Waals surface area contributed by atoms with Crippen molar-refractivity contribution in [2.24, 2.45) is 0 Å². The Kier molecular flexibility index (Phi) is 12.7. The summed E-state index contributed by atoms with van der Waals surface area (Å²) in [6, 6.07) is 10.3. The van der Waals surface area contributed by atoms with Crippen molar-refractivity contribution in [1.82, 2.24) is 0 Å². The van der Waals surface area contributed by atoms with E-state index < -0.39 is 0 Å². The van der Waals surface area contributed by atoms with Gasteiger partial charge in [0, 0.05) is 24.7 Å². The molecule has 4 nitrogen and oxygen atoms in total. The maximum atomic E-state index is 6.48. The molecule has 0 saturated carbocycles. The molecule has 0 amide bonds. The molecule has 1 aromatic carbocycles. The molecule has 5 heteroatoms. The standard InChI is InChI=1S/C25H40O4S/c1-5-9-17-26-22-21(8-4)29-25(30-20-15-13-12-14-16-20)24(28-19-11-7-3)23(22)27-18-10-6-2/h8,12-16,21-25H,4-7,9-11,17-19H2,1-3H3/t21?,22-,23?,24?,25-/m1/s1. The third kappa shape index (κ3) is 8.01. The lowest BCUT2D eigenvalue weighted by molar-refractivity contribution is -0.229. The van der Waals surface area contributed by atoms with Crippen molar-refractivity contribution < 1.29 is 18.9 Å². The minimum atomic E-state index is -0.222. The molecule has 30 heavy (non-hydrogen) atoms. The van der Waals surface area contributed by atoms with Crippen molar-refractivity contribution in [2.75, 3.05) is 19.8 Å². The SMILES string of the molecule is C=CC1O[C@H](Sc2ccccc2)C(OCCCC)C(OCCCC)[C@@H]1OCCCC. The lowest BCUT2D eigenvalue weighted by Gasteiger charge is -2.45. The Morgan fingerprint density at radius 3 is 1.90 bits per heavy atom. The first-order chi connectivity index (χ1) is 14.7. The van der Waals surface area contributed by atoms with Gasteiger partial charge in [0.25, 0.3) is 0 Å². The van der Waals surface area contributed by atoms with Gasteiger partial charge >= 0.3 is 0 Å². The fourth-order valence-corrected chi connectivity index (χ4v) is 4.53. The summed E-state index contributed by atoms with van der Waals surface area (Å²) < 4.78 is 25.6. The summed E-state index contributed by atoms with van der Waals surface area (Å²) in [5, 5.41) is 0. The molecule has 2 rings (SSSR count). The summed E-state index contributed by atoms with van der Waals surface area (Å²) in [5.41, 5.74) is -0.176. The molecule has 0 radical (unpaired) electrons. The van der Waals surface area contributed by atoms with Gasteiger partial charge in [0.05, 0.1) is 0 Å². The molecule has 0 spiro atoms. The normalized spacial score (nSPS) is 26.6. The summed E-state index contributed by atoms with van der Waals surface area (Å²) in [7, 11) is 0. The first-order valence-electron chi connectivity index (χ1n) is 11.6. The monoisotopic (exact) mass is 436 g/mol. The van der Waals surface area contributed by atoms with E-state index in [1.165, 1.54) is 0 Å². The fourth-order valence-electron chi connectivity index (χ4n) is 3.40. The van der Waals surface area contributed by atoms with Crippen LogP contribution in [0.3, 0.4) is 0 Å². The molecule has 1 aromatic rings. The van der Waals surface area contributed by atoms with Crippen LogP contribution >= 0.6 is 11.8 Å². The van der Waals surface area contributed by atoms with E-state index in [2.05, 4.69) is 51.6 Å². The zero-order chi connectivity index (χ0) is 21.6. The molecule has 1 saturated heterocycles. The second kappa shape index (κ2) is 15.0. The van der Waals surface area contributed by atoms with Crippen LogP contribution in [-0.2, 0) is 18.9 Å². The molecule has 1 fully saturated rings. The van der Waals surface area contributed by atoms with E-state index in [1.54, 1.807) is 11.8 Å². The third-order valence-corrected chi connectivity index (χ3v) is 6.34. The van der Waals surface area contributed by atoms with Crippen LogP contribution in [0.1, 0.15) is 59.3 Å². The molecular weight excluding hydrogens is 396 g/mol. The Bertz CT molecular complexity index is 568. The number of rotatable bonds is 15. The summed E-state index contributed by atoms with van der Waals surface area (Å²) in [6.45, 7) is 12.6. The van der Waals surface area contributed by atoms with Gasteiger partial charge in [0.1, 0.15) is 29.9 Å². The summed E-state index contributed by atoms with van der Waals surface area (Å²) >= 11 is 1.69. The quantitative estimate of drug-likeness (QED) is 0.240. The van der Waals surface area contributed by atoms with Gasteiger partial charge in [0.2, 0.25) is 0 Å². The number of benzene rings is 1. The molecule has 1 heterocycles. The Morgan fingerprint density at radius 1 is 0.833 bits per heavy atom. The molecule has 0 aromatic heterocycles. The minimum absolute atomic E-state index is 0.176. The largest absolute Gasteiger partial charge is 0.373 e. The fraction of sp³-hybridized carbons (Fsp3) is 0.680. The van der Waals surface area contributed by atoms with Crippen LogP contribution in [0.15, 0.2) is 47.9 Å². The highest BCUT2D eigenvalue weighted by Gasteiger charge is 2.47. The lowest BCUT2D eigenvalue weighted by atomic mass is 9.98. The van der Waals surface area contributed by atoms with Crippen LogP contribution in [0.4, 0.5) is 0 Å². The first kappa shape index (κ1) is 25.4. The molecule has 1 aliphatic rings. The zero-order valence-electron chi connectivity index (χ0n) is 19.0. The molecule has 5 atom stereocenters. The Labute approximate surface area is 187 Å². The van der Waals surface area contributed by atoms with E-state index in [-0.39, 0.29) is 29.9 Å². The molecule has 0 bridgehead atoms. The number of ether oxygens (including phenoxy) is 4. The lowest BCUT2D eigenvalue weighted by Crippen LogP contribution is -2.59. The summed E-state index contributed by atoms with van der Waals surface area (Å²) in [5.74, 6) is 0. The van der Waals surface area contributed by atoms with Gasteiger partial charge in [0.15, 0.2) is 0 Å². The Hall–Kier alpha value is -0.850. The third-order valence-electron chi connectivity index (χ3n) is 5.18. The molecule has 0 N–H and O–H groups in total. The molecule has 0 aliphatic carbocycles. The Morgan fingerprint density at radius 2 is 1.37 bits per heavy atom. The van der Waals surface area contributed by atoms with E-state index in [0.717, 1.165) is 43.4 Å². The van der Waals surface area contributed by atoms with Crippen LogP contribution in [0.25, 0.3) is 0 Å². The van der Waals surface area contributed by atoms with E-state index in [9.17, 15) is 0 Å². The molecule has 1 aliphatic heterocycles. The highest BCUT2D eigenvalue weighted by Crippen LogP contribution is 2.37. The van der Waals surface area contributed by atoms with E-state index in [4.69, 9.17) is 18.9 Å². The smallest absolute Gasteiger partial charge is 0.137 e. The van der Waals surface area contributed by atoms with Crippen LogP contribution in [0.5, 0.6) is 0 Å². The molecule has 3 unspecified atom stereocenters. The number of thioether (sulfide) groups is 1. The maximum Gasteiger partial charge on any atom is 0.137 e. The highest BCUT2D eigenvalue weighted by atomic mass is 32.2. The van der Waals surface area contributed by atoms with Crippen LogP contribution in [0, 0.1) is 0 Å². The summed E-state index contributed by atoms with van der Waals surface area (Å²) in [4.78, 5) is 1.16. The highest BCUT2D eigenvalue weighted by molar-refractivity contribution is 7.99. The second-order valence-corrected chi connectivity index (χ2v) is 8.87. The van der Waals surface area contributed by atoms with E-state index in [0.29, 0.717) is 19.8 Å². The average Bonchev–Trinajstić information content (AvgIpc) is 2.77.